The molecule has 22 heavy (non-hydrogen) atoms. The van der Waals surface area contributed by atoms with Crippen LogP contribution in [0.5, 0.6) is 0 Å². The molecule has 0 saturated heterocycles. The monoisotopic (exact) mass is 378 g/mol. The topological polar surface area (TPSA) is 52.2 Å². The molecule has 7 heteroatoms. The van der Waals surface area contributed by atoms with Crippen LogP contribution in [0.2, 0.25) is 0 Å². The second-order valence-corrected chi connectivity index (χ2v) is 6.88. The highest BCUT2D eigenvalue weighted by Gasteiger charge is 2.12. The summed E-state index contributed by atoms with van der Waals surface area (Å²) in [6.45, 7) is 4.67. The zero-order chi connectivity index (χ0) is 15.9. The van der Waals surface area contributed by atoms with E-state index in [9.17, 15) is 4.79 Å². The van der Waals surface area contributed by atoms with Gasteiger partial charge in [-0.2, -0.15) is 10.1 Å². The van der Waals surface area contributed by atoms with Gasteiger partial charge in [0.1, 0.15) is 0 Å². The molecule has 0 fully saturated rings. The van der Waals surface area contributed by atoms with Crippen molar-refractivity contribution in [2.24, 2.45) is 12.0 Å². The summed E-state index contributed by atoms with van der Waals surface area (Å²) in [7, 11) is 1.91. The van der Waals surface area contributed by atoms with E-state index in [0.717, 1.165) is 26.9 Å². The van der Waals surface area contributed by atoms with Crippen molar-refractivity contribution >= 4 is 43.4 Å². The van der Waals surface area contributed by atoms with Gasteiger partial charge in [0.05, 0.1) is 10.2 Å². The maximum absolute atomic E-state index is 12.3. The van der Waals surface area contributed by atoms with E-state index in [-0.39, 0.29) is 5.91 Å². The van der Waals surface area contributed by atoms with Gasteiger partial charge in [-0.3, -0.25) is 9.48 Å². The van der Waals surface area contributed by atoms with Crippen molar-refractivity contribution in [3.8, 4) is 0 Å². The van der Waals surface area contributed by atoms with Crippen LogP contribution in [0.15, 0.2) is 33.7 Å². The summed E-state index contributed by atoms with van der Waals surface area (Å²) in [5.74, 6) is -0.309. The van der Waals surface area contributed by atoms with Gasteiger partial charge in [-0.1, -0.05) is 27.3 Å². The molecule has 1 amide bonds. The molecule has 0 unspecified atom stereocenters. The van der Waals surface area contributed by atoms with Crippen molar-refractivity contribution in [3.05, 3.63) is 44.9 Å². The molecular weight excluding hydrogens is 364 g/mol. The summed E-state index contributed by atoms with van der Waals surface area (Å²) in [4.78, 5) is 17.2. The Morgan fingerprint density at radius 2 is 2.18 bits per heavy atom. The summed E-state index contributed by atoms with van der Waals surface area (Å²) in [6.07, 6.45) is 0. The Kier molecular flexibility index (Phi) is 4.01. The van der Waals surface area contributed by atoms with Gasteiger partial charge >= 0.3 is 0 Å². The minimum Gasteiger partial charge on any atom is -0.319 e. The van der Waals surface area contributed by atoms with Gasteiger partial charge in [-0.25, -0.2) is 0 Å². The number of aryl methyl sites for hydroxylation is 3. The Labute approximate surface area is 140 Å². The van der Waals surface area contributed by atoms with Crippen LogP contribution < -0.4 is 4.80 Å². The van der Waals surface area contributed by atoms with E-state index >= 15 is 0 Å². The molecule has 0 aliphatic carbocycles. The molecule has 1 aromatic carbocycles. The fraction of sp³-hybridized carbons (Fsp3) is 0.267. The van der Waals surface area contributed by atoms with Crippen LogP contribution in [-0.4, -0.2) is 20.3 Å². The van der Waals surface area contributed by atoms with Gasteiger partial charge < -0.3 is 4.57 Å². The average molecular weight is 379 g/mol. The molecule has 0 N–H and O–H groups in total. The van der Waals surface area contributed by atoms with E-state index in [1.165, 1.54) is 11.3 Å². The quantitative estimate of drug-likeness (QED) is 0.686. The molecular formula is C15H15BrN4OS. The summed E-state index contributed by atoms with van der Waals surface area (Å²) < 4.78 is 5.81. The molecule has 0 atom stereocenters. The number of carbonyl (C=O) groups excluding carboxylic acids is 1. The Morgan fingerprint density at radius 3 is 2.86 bits per heavy atom. The van der Waals surface area contributed by atoms with Crippen LogP contribution in [0.25, 0.3) is 10.2 Å². The number of benzene rings is 1. The van der Waals surface area contributed by atoms with E-state index < -0.39 is 0 Å². The standard InChI is InChI=1S/C15H15BrN4OS/c1-4-20-9(2)7-11(18-20)14(21)17-15-19(3)12-6-5-10(16)8-13(12)22-15/h5-8H,4H2,1-3H3. The Balaban J connectivity index is 2.07. The number of rotatable bonds is 2. The van der Waals surface area contributed by atoms with Gasteiger partial charge in [0.15, 0.2) is 10.5 Å². The van der Waals surface area contributed by atoms with Crippen LogP contribution in [-0.2, 0) is 13.6 Å². The fourth-order valence-electron chi connectivity index (χ4n) is 2.29. The summed E-state index contributed by atoms with van der Waals surface area (Å²) >= 11 is 4.95. The first-order chi connectivity index (χ1) is 10.5. The molecule has 2 aromatic heterocycles. The number of fused-ring (bicyclic) bond motifs is 1. The molecule has 0 bridgehead atoms. The molecule has 0 saturated carbocycles. The first-order valence-corrected chi connectivity index (χ1v) is 8.49. The minimum atomic E-state index is -0.309. The average Bonchev–Trinajstić information content (AvgIpc) is 3.00. The van der Waals surface area contributed by atoms with Gasteiger partial charge in [-0.05, 0) is 38.1 Å². The van der Waals surface area contributed by atoms with E-state index in [1.54, 1.807) is 10.7 Å². The normalized spacial score (nSPS) is 12.3. The van der Waals surface area contributed by atoms with Crippen LogP contribution in [0.4, 0.5) is 0 Å². The first-order valence-electron chi connectivity index (χ1n) is 6.88. The molecule has 0 aliphatic heterocycles. The Morgan fingerprint density at radius 1 is 1.41 bits per heavy atom. The lowest BCUT2D eigenvalue weighted by Crippen LogP contribution is -2.13. The minimum absolute atomic E-state index is 0.309. The highest BCUT2D eigenvalue weighted by atomic mass is 79.9. The second kappa shape index (κ2) is 5.81. The van der Waals surface area contributed by atoms with Gasteiger partial charge in [0, 0.05) is 23.8 Å². The van der Waals surface area contributed by atoms with Crippen LogP contribution >= 0.6 is 27.3 Å². The third-order valence-electron chi connectivity index (χ3n) is 3.47. The molecule has 0 aliphatic rings. The van der Waals surface area contributed by atoms with E-state index in [1.807, 2.05) is 43.7 Å². The maximum Gasteiger partial charge on any atom is 0.300 e. The molecule has 0 spiro atoms. The molecule has 2 heterocycles. The number of nitrogens with zero attached hydrogens (tertiary/aromatic N) is 4. The number of halogens is 1. The van der Waals surface area contributed by atoms with E-state index in [0.29, 0.717) is 10.5 Å². The van der Waals surface area contributed by atoms with Crippen LogP contribution in [0.3, 0.4) is 0 Å². The number of carbonyl (C=O) groups is 1. The van der Waals surface area contributed by atoms with Gasteiger partial charge in [0.25, 0.3) is 5.91 Å². The van der Waals surface area contributed by atoms with Crippen LogP contribution in [0.1, 0.15) is 23.1 Å². The number of thiazole rings is 1. The predicted molar refractivity (Wildman–Crippen MR) is 91.0 cm³/mol. The third-order valence-corrected chi connectivity index (χ3v) is 5.06. The largest absolute Gasteiger partial charge is 0.319 e. The van der Waals surface area contributed by atoms with Gasteiger partial charge in [0.2, 0.25) is 0 Å². The second-order valence-electron chi connectivity index (χ2n) is 4.96. The molecule has 0 radical (unpaired) electrons. The highest BCUT2D eigenvalue weighted by molar-refractivity contribution is 9.10. The lowest BCUT2D eigenvalue weighted by molar-refractivity contribution is 0.0992. The third kappa shape index (κ3) is 2.66. The lowest BCUT2D eigenvalue weighted by Gasteiger charge is -1.96. The summed E-state index contributed by atoms with van der Waals surface area (Å²) in [5, 5.41) is 4.28. The van der Waals surface area contributed by atoms with Crippen molar-refractivity contribution in [2.75, 3.05) is 0 Å². The summed E-state index contributed by atoms with van der Waals surface area (Å²) in [6, 6.07) is 7.79. The number of hydrogen-bond donors (Lipinski definition) is 0. The molecule has 3 aromatic rings. The van der Waals surface area contributed by atoms with Crippen molar-refractivity contribution in [1.29, 1.82) is 0 Å². The van der Waals surface area contributed by atoms with Crippen LogP contribution in [0, 0.1) is 6.92 Å². The Bertz CT molecular complexity index is 935. The molecule has 3 rings (SSSR count). The zero-order valence-corrected chi connectivity index (χ0v) is 14.9. The number of hydrogen-bond acceptors (Lipinski definition) is 3. The first kappa shape index (κ1) is 15.2. The zero-order valence-electron chi connectivity index (χ0n) is 12.5. The van der Waals surface area contributed by atoms with Gasteiger partial charge in [-0.15, -0.1) is 0 Å². The predicted octanol–water partition coefficient (Wildman–Crippen LogP) is 3.27. The SMILES string of the molecule is CCn1nc(C(=O)N=c2sc3cc(Br)ccc3n2C)cc1C. The Hall–Kier alpha value is -1.73. The maximum atomic E-state index is 12.3. The van der Waals surface area contributed by atoms with Crippen molar-refractivity contribution in [2.45, 2.75) is 20.4 Å². The molecule has 5 nitrogen and oxygen atoms in total. The number of aromatic nitrogens is 3. The smallest absolute Gasteiger partial charge is 0.300 e. The highest BCUT2D eigenvalue weighted by Crippen LogP contribution is 2.21. The summed E-state index contributed by atoms with van der Waals surface area (Å²) in [5.41, 5.74) is 2.40. The van der Waals surface area contributed by atoms with Crippen molar-refractivity contribution in [3.63, 3.8) is 0 Å². The van der Waals surface area contributed by atoms with Crippen molar-refractivity contribution < 1.29 is 4.79 Å². The lowest BCUT2D eigenvalue weighted by atomic mass is 10.3. The van der Waals surface area contributed by atoms with Crippen molar-refractivity contribution in [1.82, 2.24) is 14.3 Å². The van der Waals surface area contributed by atoms with E-state index in [4.69, 9.17) is 0 Å². The fourth-order valence-corrected chi connectivity index (χ4v) is 3.86. The van der Waals surface area contributed by atoms with E-state index in [2.05, 4.69) is 26.0 Å². The number of amides is 1. The molecule has 114 valence electrons.